The van der Waals surface area contributed by atoms with Crippen molar-refractivity contribution in [3.05, 3.63) is 126 Å². The zero-order chi connectivity index (χ0) is 25.3. The summed E-state index contributed by atoms with van der Waals surface area (Å²) in [7, 11) is 3.82. The highest BCUT2D eigenvalue weighted by Crippen LogP contribution is 2.12. The van der Waals surface area contributed by atoms with E-state index in [1.807, 2.05) is 80.8 Å². The van der Waals surface area contributed by atoms with E-state index in [1.165, 1.54) is 18.2 Å². The fourth-order valence-electron chi connectivity index (χ4n) is 2.88. The van der Waals surface area contributed by atoms with E-state index in [-0.39, 0.29) is 11.5 Å². The van der Waals surface area contributed by atoms with Crippen LogP contribution in [-0.2, 0) is 0 Å². The van der Waals surface area contributed by atoms with Crippen LogP contribution in [-0.4, -0.2) is 32.6 Å². The molecule has 0 fully saturated rings. The molecule has 3 N–H and O–H groups in total. The molecule has 0 aliphatic heterocycles. The van der Waals surface area contributed by atoms with Crippen LogP contribution in [0.3, 0.4) is 0 Å². The molecule has 0 bridgehead atoms. The number of aldehydes is 2. The molecule has 4 rings (SSSR count). The van der Waals surface area contributed by atoms with Crippen LogP contribution in [0, 0.1) is 0 Å². The highest BCUT2D eigenvalue weighted by Gasteiger charge is 2.09. The second-order valence-electron chi connectivity index (χ2n) is 7.18. The van der Waals surface area contributed by atoms with E-state index >= 15 is 0 Å². The lowest BCUT2D eigenvalue weighted by Crippen LogP contribution is -2.12. The van der Waals surface area contributed by atoms with Gasteiger partial charge in [-0.1, -0.05) is 54.6 Å². The van der Waals surface area contributed by atoms with Crippen molar-refractivity contribution in [1.82, 2.24) is 0 Å². The number of amides is 1. The monoisotopic (exact) mass is 467 g/mol. The van der Waals surface area contributed by atoms with Crippen molar-refractivity contribution in [2.24, 2.45) is 0 Å². The molecule has 0 saturated carbocycles. The molecule has 0 aromatic heterocycles. The minimum absolute atomic E-state index is 0.274. The Hall–Kier alpha value is -4.71. The molecule has 0 aliphatic rings. The number of hydrogen-bond acceptors (Lipinski definition) is 5. The Labute approximate surface area is 206 Å². The smallest absolute Gasteiger partial charge is 0.255 e. The van der Waals surface area contributed by atoms with E-state index in [9.17, 15) is 14.4 Å². The SMILES string of the molecule is CNc1ccccc1.CNc1ccccc1.O=Cc1cc(C=O)cc(C(=O)Nc2ccccc2)c1. The van der Waals surface area contributed by atoms with E-state index in [2.05, 4.69) is 16.0 Å². The predicted molar refractivity (Wildman–Crippen MR) is 144 cm³/mol. The molecule has 178 valence electrons. The molecule has 4 aromatic carbocycles. The van der Waals surface area contributed by atoms with Gasteiger partial charge in [0.25, 0.3) is 5.91 Å². The summed E-state index contributed by atoms with van der Waals surface area (Å²) in [5, 5.41) is 8.74. The fourth-order valence-corrected chi connectivity index (χ4v) is 2.88. The molecule has 0 spiro atoms. The highest BCUT2D eigenvalue weighted by molar-refractivity contribution is 6.06. The predicted octanol–water partition coefficient (Wildman–Crippen LogP) is 6.02. The first-order valence-electron chi connectivity index (χ1n) is 11.0. The maximum Gasteiger partial charge on any atom is 0.255 e. The number of para-hydroxylation sites is 3. The summed E-state index contributed by atoms with van der Waals surface area (Å²) in [6.45, 7) is 0. The molecule has 0 unspecified atom stereocenters. The quantitative estimate of drug-likeness (QED) is 0.302. The molecule has 1 amide bonds. The van der Waals surface area contributed by atoms with Crippen LogP contribution in [0.5, 0.6) is 0 Å². The van der Waals surface area contributed by atoms with Gasteiger partial charge in [-0.15, -0.1) is 0 Å². The van der Waals surface area contributed by atoms with Crippen LogP contribution in [0.15, 0.2) is 109 Å². The van der Waals surface area contributed by atoms with E-state index in [1.54, 1.807) is 24.3 Å². The van der Waals surface area contributed by atoms with Crippen molar-refractivity contribution in [3.63, 3.8) is 0 Å². The van der Waals surface area contributed by atoms with Crippen molar-refractivity contribution >= 4 is 35.5 Å². The van der Waals surface area contributed by atoms with Gasteiger partial charge in [0, 0.05) is 47.8 Å². The molecule has 0 aliphatic carbocycles. The van der Waals surface area contributed by atoms with E-state index < -0.39 is 0 Å². The van der Waals surface area contributed by atoms with Gasteiger partial charge in [-0.25, -0.2) is 0 Å². The lowest BCUT2D eigenvalue weighted by atomic mass is 10.1. The van der Waals surface area contributed by atoms with Crippen molar-refractivity contribution in [2.75, 3.05) is 30.0 Å². The van der Waals surface area contributed by atoms with Crippen molar-refractivity contribution in [3.8, 4) is 0 Å². The standard InChI is InChI=1S/C15H11NO3.2C7H9N/c17-9-11-6-12(10-18)8-13(7-11)15(19)16-14-4-2-1-3-5-14;2*1-8-7-5-3-2-4-6-7/h1-10H,(H,16,19);2*2-6,8H,1H3. The maximum atomic E-state index is 12.0. The van der Waals surface area contributed by atoms with Gasteiger partial charge in [0.05, 0.1) is 0 Å². The number of carbonyl (C=O) groups excluding carboxylic acids is 3. The lowest BCUT2D eigenvalue weighted by molar-refractivity contribution is 0.102. The second kappa shape index (κ2) is 15.2. The Bertz CT molecular complexity index is 1120. The normalized spacial score (nSPS) is 9.20. The van der Waals surface area contributed by atoms with E-state index in [0.29, 0.717) is 29.4 Å². The average Bonchev–Trinajstić information content (AvgIpc) is 2.94. The summed E-state index contributed by atoms with van der Waals surface area (Å²) in [4.78, 5) is 33.5. The molecule has 0 atom stereocenters. The fraction of sp³-hybridized carbons (Fsp3) is 0.0690. The number of rotatable bonds is 6. The first-order valence-corrected chi connectivity index (χ1v) is 11.0. The second-order valence-corrected chi connectivity index (χ2v) is 7.18. The number of nitrogens with one attached hydrogen (secondary N) is 3. The molecule has 6 heteroatoms. The number of hydrogen-bond donors (Lipinski definition) is 3. The first kappa shape index (κ1) is 26.5. The summed E-state index contributed by atoms with van der Waals surface area (Å²) in [5.74, 6) is -0.363. The zero-order valence-corrected chi connectivity index (χ0v) is 19.8. The highest BCUT2D eigenvalue weighted by atomic mass is 16.1. The van der Waals surface area contributed by atoms with E-state index in [4.69, 9.17) is 0 Å². The van der Waals surface area contributed by atoms with Gasteiger partial charge in [0.15, 0.2) is 0 Å². The van der Waals surface area contributed by atoms with Crippen molar-refractivity contribution in [1.29, 1.82) is 0 Å². The van der Waals surface area contributed by atoms with Crippen LogP contribution >= 0.6 is 0 Å². The minimum atomic E-state index is -0.363. The summed E-state index contributed by atoms with van der Waals surface area (Å²) in [6.07, 6.45) is 1.21. The van der Waals surface area contributed by atoms with Crippen LogP contribution in [0.1, 0.15) is 31.1 Å². The van der Waals surface area contributed by atoms with Crippen LogP contribution < -0.4 is 16.0 Å². The molecule has 6 nitrogen and oxygen atoms in total. The van der Waals surface area contributed by atoms with Crippen molar-refractivity contribution in [2.45, 2.75) is 0 Å². The molecular formula is C29H29N3O3. The molecule has 0 radical (unpaired) electrons. The van der Waals surface area contributed by atoms with E-state index in [0.717, 1.165) is 11.4 Å². The Morgan fingerprint density at radius 1 is 0.571 bits per heavy atom. The molecular weight excluding hydrogens is 438 g/mol. The maximum absolute atomic E-state index is 12.0. The summed E-state index contributed by atoms with van der Waals surface area (Å²) >= 11 is 0. The largest absolute Gasteiger partial charge is 0.388 e. The Morgan fingerprint density at radius 2 is 0.943 bits per heavy atom. The Balaban J connectivity index is 0.000000221. The molecule has 4 aromatic rings. The number of anilines is 3. The number of carbonyl (C=O) groups is 3. The van der Waals surface area contributed by atoms with Gasteiger partial charge >= 0.3 is 0 Å². The summed E-state index contributed by atoms with van der Waals surface area (Å²) < 4.78 is 0. The lowest BCUT2D eigenvalue weighted by Gasteiger charge is -2.06. The topological polar surface area (TPSA) is 87.3 Å². The Morgan fingerprint density at radius 3 is 1.26 bits per heavy atom. The number of benzene rings is 4. The van der Waals surface area contributed by atoms with Gasteiger partial charge in [0.1, 0.15) is 12.6 Å². The summed E-state index contributed by atoms with van der Waals surface area (Å²) in [6, 6.07) is 33.4. The Kier molecular flexibility index (Phi) is 11.5. The van der Waals surface area contributed by atoms with Crippen LogP contribution in [0.4, 0.5) is 17.1 Å². The summed E-state index contributed by atoms with van der Waals surface area (Å²) in [5.41, 5.74) is 3.83. The van der Waals surface area contributed by atoms with Gasteiger partial charge < -0.3 is 16.0 Å². The average molecular weight is 468 g/mol. The van der Waals surface area contributed by atoms with Crippen LogP contribution in [0.25, 0.3) is 0 Å². The molecule has 0 saturated heterocycles. The van der Waals surface area contributed by atoms with Gasteiger partial charge in [-0.2, -0.15) is 0 Å². The third-order valence-electron chi connectivity index (χ3n) is 4.67. The minimum Gasteiger partial charge on any atom is -0.388 e. The molecule has 0 heterocycles. The van der Waals surface area contributed by atoms with Gasteiger partial charge in [-0.05, 0) is 54.6 Å². The van der Waals surface area contributed by atoms with Crippen LogP contribution in [0.2, 0.25) is 0 Å². The first-order chi connectivity index (χ1) is 17.1. The third-order valence-corrected chi connectivity index (χ3v) is 4.67. The van der Waals surface area contributed by atoms with Crippen molar-refractivity contribution < 1.29 is 14.4 Å². The van der Waals surface area contributed by atoms with Gasteiger partial charge in [0.2, 0.25) is 0 Å². The third kappa shape index (κ3) is 9.75. The van der Waals surface area contributed by atoms with Gasteiger partial charge in [-0.3, -0.25) is 14.4 Å². The zero-order valence-electron chi connectivity index (χ0n) is 19.8. The molecule has 35 heavy (non-hydrogen) atoms.